The van der Waals surface area contributed by atoms with Crippen LogP contribution in [0.15, 0.2) is 0 Å². The summed E-state index contributed by atoms with van der Waals surface area (Å²) in [6.45, 7) is 5.47. The van der Waals surface area contributed by atoms with E-state index in [1.807, 2.05) is 4.90 Å². The molecule has 1 saturated carbocycles. The van der Waals surface area contributed by atoms with Gasteiger partial charge in [-0.25, -0.2) is 0 Å². The van der Waals surface area contributed by atoms with E-state index >= 15 is 0 Å². The Morgan fingerprint density at radius 2 is 2.12 bits per heavy atom. The van der Waals surface area contributed by atoms with E-state index in [2.05, 4.69) is 18.9 Å². The first-order valence-electron chi connectivity index (χ1n) is 6.29. The fraction of sp³-hybridized carbons (Fsp3) is 0.917. The predicted molar refractivity (Wildman–Crippen MR) is 64.0 cm³/mol. The monoisotopic (exact) mass is 225 g/mol. The van der Waals surface area contributed by atoms with Gasteiger partial charge in [0.2, 0.25) is 5.91 Å². The van der Waals surface area contributed by atoms with Crippen molar-refractivity contribution in [2.45, 2.75) is 32.2 Å². The maximum Gasteiger partial charge on any atom is 0.230 e. The summed E-state index contributed by atoms with van der Waals surface area (Å²) >= 11 is 0. The largest absolute Gasteiger partial charge is 0.337 e. The van der Waals surface area contributed by atoms with Crippen molar-refractivity contribution in [1.29, 1.82) is 0 Å². The number of hydrogen-bond acceptors (Lipinski definition) is 3. The van der Waals surface area contributed by atoms with Crippen LogP contribution in [0.2, 0.25) is 0 Å². The molecule has 0 aromatic rings. The lowest BCUT2D eigenvalue weighted by Crippen LogP contribution is -2.59. The molecule has 2 aliphatic rings. The van der Waals surface area contributed by atoms with Gasteiger partial charge in [0.05, 0.1) is 5.41 Å². The van der Waals surface area contributed by atoms with Gasteiger partial charge in [-0.05, 0) is 26.8 Å². The van der Waals surface area contributed by atoms with Crippen molar-refractivity contribution in [2.75, 3.05) is 33.2 Å². The van der Waals surface area contributed by atoms with Crippen molar-refractivity contribution in [3.63, 3.8) is 0 Å². The van der Waals surface area contributed by atoms with Crippen LogP contribution in [0.3, 0.4) is 0 Å². The summed E-state index contributed by atoms with van der Waals surface area (Å²) in [5, 5.41) is 0. The van der Waals surface area contributed by atoms with E-state index in [1.165, 1.54) is 0 Å². The number of likely N-dealkylation sites (N-methyl/N-ethyl adjacent to an activating group) is 1. The molecule has 16 heavy (non-hydrogen) atoms. The van der Waals surface area contributed by atoms with Gasteiger partial charge in [-0.15, -0.1) is 0 Å². The van der Waals surface area contributed by atoms with Crippen LogP contribution in [0.5, 0.6) is 0 Å². The molecule has 1 saturated heterocycles. The zero-order chi connectivity index (χ0) is 11.8. The molecule has 0 aromatic heterocycles. The van der Waals surface area contributed by atoms with E-state index < -0.39 is 0 Å². The van der Waals surface area contributed by atoms with Crippen molar-refractivity contribution in [3.8, 4) is 0 Å². The Bertz CT molecular complexity index is 270. The SMILES string of the molecule is CC1CN(C)CCN1C(=O)C1(CN)CCC1. The minimum absolute atomic E-state index is 0.204. The van der Waals surface area contributed by atoms with Crippen LogP contribution < -0.4 is 5.73 Å². The molecule has 1 amide bonds. The van der Waals surface area contributed by atoms with Gasteiger partial charge in [0.1, 0.15) is 0 Å². The second kappa shape index (κ2) is 4.34. The highest BCUT2D eigenvalue weighted by Gasteiger charge is 2.46. The molecule has 2 fully saturated rings. The number of piperazine rings is 1. The molecular weight excluding hydrogens is 202 g/mol. The van der Waals surface area contributed by atoms with Crippen LogP contribution in [-0.2, 0) is 4.79 Å². The van der Waals surface area contributed by atoms with Crippen LogP contribution in [-0.4, -0.2) is 55.0 Å². The lowest BCUT2D eigenvalue weighted by atomic mass is 9.67. The third-order valence-electron chi connectivity index (χ3n) is 4.25. The summed E-state index contributed by atoms with van der Waals surface area (Å²) in [6, 6.07) is 0.329. The van der Waals surface area contributed by atoms with E-state index in [1.54, 1.807) is 0 Å². The molecule has 0 aromatic carbocycles. The zero-order valence-corrected chi connectivity index (χ0v) is 10.4. The molecule has 2 rings (SSSR count). The van der Waals surface area contributed by atoms with Gasteiger partial charge >= 0.3 is 0 Å². The van der Waals surface area contributed by atoms with Crippen molar-refractivity contribution >= 4 is 5.91 Å². The second-order valence-corrected chi connectivity index (χ2v) is 5.45. The minimum Gasteiger partial charge on any atom is -0.337 e. The number of amides is 1. The molecule has 1 atom stereocenters. The molecule has 0 spiro atoms. The van der Waals surface area contributed by atoms with Crippen LogP contribution in [0.1, 0.15) is 26.2 Å². The predicted octanol–water partition coefficient (Wildman–Crippen LogP) is 0.278. The highest BCUT2D eigenvalue weighted by atomic mass is 16.2. The molecule has 1 aliphatic heterocycles. The second-order valence-electron chi connectivity index (χ2n) is 5.45. The topological polar surface area (TPSA) is 49.6 Å². The average Bonchev–Trinajstić information content (AvgIpc) is 2.16. The fourth-order valence-electron chi connectivity index (χ4n) is 2.85. The van der Waals surface area contributed by atoms with Gasteiger partial charge in [-0.3, -0.25) is 4.79 Å². The first kappa shape index (κ1) is 11.9. The lowest BCUT2D eigenvalue weighted by molar-refractivity contribution is -0.151. The van der Waals surface area contributed by atoms with E-state index in [4.69, 9.17) is 5.73 Å². The number of carbonyl (C=O) groups is 1. The first-order valence-corrected chi connectivity index (χ1v) is 6.29. The zero-order valence-electron chi connectivity index (χ0n) is 10.4. The highest BCUT2D eigenvalue weighted by molar-refractivity contribution is 5.84. The summed E-state index contributed by atoms with van der Waals surface area (Å²) in [6.07, 6.45) is 3.13. The number of rotatable bonds is 2. The van der Waals surface area contributed by atoms with Gasteiger partial charge in [0.25, 0.3) is 0 Å². The number of carbonyl (C=O) groups excluding carboxylic acids is 1. The van der Waals surface area contributed by atoms with Gasteiger partial charge in [0.15, 0.2) is 0 Å². The van der Waals surface area contributed by atoms with Crippen molar-refractivity contribution < 1.29 is 4.79 Å². The van der Waals surface area contributed by atoms with Gasteiger partial charge in [-0.1, -0.05) is 6.42 Å². The van der Waals surface area contributed by atoms with E-state index in [9.17, 15) is 4.79 Å². The Kier molecular flexibility index (Phi) is 3.22. The van der Waals surface area contributed by atoms with Crippen LogP contribution in [0.4, 0.5) is 0 Å². The molecule has 92 valence electrons. The Morgan fingerprint density at radius 1 is 1.44 bits per heavy atom. The highest BCUT2D eigenvalue weighted by Crippen LogP contribution is 2.42. The molecule has 1 unspecified atom stereocenters. The molecule has 0 radical (unpaired) electrons. The summed E-state index contributed by atoms with van der Waals surface area (Å²) in [7, 11) is 2.11. The molecule has 1 heterocycles. The quantitative estimate of drug-likeness (QED) is 0.734. The average molecular weight is 225 g/mol. The molecular formula is C12H23N3O. The summed E-state index contributed by atoms with van der Waals surface area (Å²) in [5.74, 6) is 0.307. The number of nitrogens with two attached hydrogens (primary N) is 1. The normalized spacial score (nSPS) is 29.9. The molecule has 1 aliphatic carbocycles. The minimum atomic E-state index is -0.204. The molecule has 4 nitrogen and oxygen atoms in total. The standard InChI is InChI=1S/C12H23N3O/c1-10-8-14(2)6-7-15(10)11(16)12(9-13)4-3-5-12/h10H,3-9,13H2,1-2H3. The maximum atomic E-state index is 12.5. The van der Waals surface area contributed by atoms with E-state index in [0.717, 1.165) is 38.9 Å². The Hall–Kier alpha value is -0.610. The van der Waals surface area contributed by atoms with Gasteiger partial charge in [0, 0.05) is 32.2 Å². The van der Waals surface area contributed by atoms with Gasteiger partial charge < -0.3 is 15.5 Å². The van der Waals surface area contributed by atoms with Gasteiger partial charge in [-0.2, -0.15) is 0 Å². The van der Waals surface area contributed by atoms with Crippen molar-refractivity contribution in [1.82, 2.24) is 9.80 Å². The lowest BCUT2D eigenvalue weighted by Gasteiger charge is -2.47. The van der Waals surface area contributed by atoms with Crippen molar-refractivity contribution in [3.05, 3.63) is 0 Å². The smallest absolute Gasteiger partial charge is 0.230 e. The summed E-state index contributed by atoms with van der Waals surface area (Å²) in [4.78, 5) is 16.8. The number of hydrogen-bond donors (Lipinski definition) is 1. The Balaban J connectivity index is 2.04. The number of nitrogens with zero attached hydrogens (tertiary/aromatic N) is 2. The molecule has 0 bridgehead atoms. The fourth-order valence-corrected chi connectivity index (χ4v) is 2.85. The summed E-state index contributed by atoms with van der Waals surface area (Å²) in [5.41, 5.74) is 5.59. The van der Waals surface area contributed by atoms with Crippen molar-refractivity contribution in [2.24, 2.45) is 11.1 Å². The van der Waals surface area contributed by atoms with E-state index in [-0.39, 0.29) is 5.41 Å². The third-order valence-corrected chi connectivity index (χ3v) is 4.25. The Labute approximate surface area is 97.8 Å². The first-order chi connectivity index (χ1) is 7.59. The third kappa shape index (κ3) is 1.84. The van der Waals surface area contributed by atoms with Crippen LogP contribution in [0.25, 0.3) is 0 Å². The van der Waals surface area contributed by atoms with E-state index in [0.29, 0.717) is 18.5 Å². The molecule has 2 N–H and O–H groups in total. The molecule has 4 heteroatoms. The van der Waals surface area contributed by atoms with Crippen LogP contribution >= 0.6 is 0 Å². The summed E-state index contributed by atoms with van der Waals surface area (Å²) < 4.78 is 0. The maximum absolute atomic E-state index is 12.5. The van der Waals surface area contributed by atoms with Crippen LogP contribution in [0, 0.1) is 5.41 Å². The Morgan fingerprint density at radius 3 is 2.56 bits per heavy atom.